The number of aromatic amines is 1. The molecule has 2 N–H and O–H groups in total. The van der Waals surface area contributed by atoms with Crippen LogP contribution in [0.1, 0.15) is 19.3 Å². The number of likely N-dealkylation sites (tertiary alicyclic amines) is 1. The summed E-state index contributed by atoms with van der Waals surface area (Å²) >= 11 is 6.57. The highest BCUT2D eigenvalue weighted by atomic mass is 35.5. The summed E-state index contributed by atoms with van der Waals surface area (Å²) in [5.41, 5.74) is 4.21. The maximum Gasteiger partial charge on any atom is 0.163 e. The maximum absolute atomic E-state index is 10.8. The quantitative estimate of drug-likeness (QED) is 0.270. The highest BCUT2D eigenvalue weighted by Crippen LogP contribution is 2.43. The summed E-state index contributed by atoms with van der Waals surface area (Å²) in [6, 6.07) is 13.9. The fourth-order valence-corrected chi connectivity index (χ4v) is 5.66. The predicted molar refractivity (Wildman–Crippen MR) is 140 cm³/mol. The summed E-state index contributed by atoms with van der Waals surface area (Å²) in [5, 5.41) is 15.9. The van der Waals surface area contributed by atoms with Crippen LogP contribution < -0.4 is 4.74 Å². The van der Waals surface area contributed by atoms with Gasteiger partial charge in [-0.3, -0.25) is 0 Å². The highest BCUT2D eigenvalue weighted by Gasteiger charge is 2.19. The number of rotatable bonds is 6. The molecule has 0 unspecified atom stereocenters. The molecule has 3 heterocycles. The Balaban J connectivity index is 1.42. The second-order valence-corrected chi connectivity index (χ2v) is 9.63. The molecular weight excluding hydrogens is 446 g/mol. The van der Waals surface area contributed by atoms with Crippen molar-refractivity contribution >= 4 is 44.2 Å². The molecular formula is C28H28ClN3O2. The molecule has 5 nitrogen and oxygen atoms in total. The fourth-order valence-electron chi connectivity index (χ4n) is 5.43. The van der Waals surface area contributed by atoms with Crippen LogP contribution in [0.25, 0.3) is 43.7 Å². The van der Waals surface area contributed by atoms with Crippen LogP contribution >= 0.6 is 11.6 Å². The minimum Gasteiger partial charge on any atom is -0.504 e. The predicted octanol–water partition coefficient (Wildman–Crippen LogP) is 6.70. The van der Waals surface area contributed by atoms with E-state index < -0.39 is 0 Å². The molecule has 6 heteroatoms. The first-order valence-corrected chi connectivity index (χ1v) is 12.3. The first-order chi connectivity index (χ1) is 16.6. The molecule has 1 aliphatic heterocycles. The van der Waals surface area contributed by atoms with Crippen molar-refractivity contribution in [3.63, 3.8) is 0 Å². The summed E-state index contributed by atoms with van der Waals surface area (Å²) in [5.74, 6) is 0.719. The molecule has 174 valence electrons. The Morgan fingerprint density at radius 3 is 2.59 bits per heavy atom. The number of phenols is 1. The Morgan fingerprint density at radius 2 is 1.76 bits per heavy atom. The van der Waals surface area contributed by atoms with Gasteiger partial charge in [-0.25, -0.2) is 0 Å². The second-order valence-electron chi connectivity index (χ2n) is 9.23. The Morgan fingerprint density at radius 1 is 0.971 bits per heavy atom. The van der Waals surface area contributed by atoms with Gasteiger partial charge in [-0.05, 0) is 56.1 Å². The smallest absolute Gasteiger partial charge is 0.163 e. The van der Waals surface area contributed by atoms with E-state index in [0.717, 1.165) is 61.7 Å². The van der Waals surface area contributed by atoms with Crippen molar-refractivity contribution in [1.29, 1.82) is 0 Å². The first-order valence-electron chi connectivity index (χ1n) is 12.0. The topological polar surface area (TPSA) is 53.4 Å². The standard InChI is InChI=1S/C28H28ClN3O2/c1-31-24-15-27(34-12-6-11-32-9-4-5-10-32)26(33)14-20(24)28-22-17-30-16-21(22)19(13-25(28)31)18-7-2-3-8-23(18)29/h2-3,7-8,13-17,30,33H,4-6,9-12H2,1H3. The Bertz CT molecular complexity index is 1510. The van der Waals surface area contributed by atoms with Crippen molar-refractivity contribution in [2.75, 3.05) is 26.2 Å². The monoisotopic (exact) mass is 473 g/mol. The van der Waals surface area contributed by atoms with Gasteiger partial charge in [-0.2, -0.15) is 0 Å². The van der Waals surface area contributed by atoms with E-state index in [1.807, 2.05) is 42.7 Å². The number of nitrogens with one attached hydrogen (secondary N) is 1. The molecule has 2 aromatic heterocycles. The number of fused-ring (bicyclic) bond motifs is 5. The Labute approximate surface area is 203 Å². The molecule has 6 rings (SSSR count). The minimum atomic E-state index is 0.181. The lowest BCUT2D eigenvalue weighted by molar-refractivity contribution is 0.256. The molecule has 5 aromatic rings. The maximum atomic E-state index is 10.8. The average Bonchev–Trinajstić information content (AvgIpc) is 3.58. The molecule has 0 saturated carbocycles. The second kappa shape index (κ2) is 8.57. The van der Waals surface area contributed by atoms with Crippen LogP contribution in [0.2, 0.25) is 5.02 Å². The van der Waals surface area contributed by atoms with Crippen molar-refractivity contribution in [3.8, 4) is 22.6 Å². The van der Waals surface area contributed by atoms with Gasteiger partial charge in [0.1, 0.15) is 0 Å². The third-order valence-corrected chi connectivity index (χ3v) is 7.48. The van der Waals surface area contributed by atoms with Gasteiger partial charge in [0.05, 0.1) is 17.6 Å². The zero-order chi connectivity index (χ0) is 23.2. The molecule has 1 aliphatic rings. The van der Waals surface area contributed by atoms with E-state index in [1.165, 1.54) is 25.9 Å². The number of nitrogens with zero attached hydrogens (tertiary/aromatic N) is 2. The molecule has 0 spiro atoms. The summed E-state index contributed by atoms with van der Waals surface area (Å²) < 4.78 is 8.20. The largest absolute Gasteiger partial charge is 0.504 e. The van der Waals surface area contributed by atoms with Crippen LogP contribution in [-0.4, -0.2) is 45.8 Å². The van der Waals surface area contributed by atoms with Gasteiger partial charge in [-0.1, -0.05) is 29.8 Å². The first kappa shape index (κ1) is 21.4. The van der Waals surface area contributed by atoms with E-state index in [-0.39, 0.29) is 5.75 Å². The summed E-state index contributed by atoms with van der Waals surface area (Å²) in [4.78, 5) is 5.75. The molecule has 34 heavy (non-hydrogen) atoms. The Kier molecular flexibility index (Phi) is 5.39. The number of halogens is 1. The van der Waals surface area contributed by atoms with Gasteiger partial charge in [0.25, 0.3) is 0 Å². The van der Waals surface area contributed by atoms with Crippen LogP contribution in [-0.2, 0) is 7.05 Å². The van der Waals surface area contributed by atoms with Gasteiger partial charge in [0.2, 0.25) is 0 Å². The van der Waals surface area contributed by atoms with Crippen molar-refractivity contribution in [1.82, 2.24) is 14.5 Å². The number of hydrogen-bond donors (Lipinski definition) is 2. The molecule has 1 saturated heterocycles. The summed E-state index contributed by atoms with van der Waals surface area (Å²) in [6.45, 7) is 4.03. The van der Waals surface area contributed by atoms with E-state index in [9.17, 15) is 5.11 Å². The van der Waals surface area contributed by atoms with Crippen molar-refractivity contribution < 1.29 is 9.84 Å². The number of benzene rings is 3. The number of hydrogen-bond acceptors (Lipinski definition) is 3. The Hall–Kier alpha value is -3.15. The van der Waals surface area contributed by atoms with Gasteiger partial charge < -0.3 is 24.3 Å². The highest BCUT2D eigenvalue weighted by molar-refractivity contribution is 6.34. The van der Waals surface area contributed by atoms with Crippen LogP contribution in [0.5, 0.6) is 11.5 Å². The van der Waals surface area contributed by atoms with E-state index in [4.69, 9.17) is 16.3 Å². The number of aromatic nitrogens is 2. The van der Waals surface area contributed by atoms with Crippen LogP contribution in [0.15, 0.2) is 54.9 Å². The molecule has 0 atom stereocenters. The summed E-state index contributed by atoms with van der Waals surface area (Å²) in [7, 11) is 2.06. The number of phenolic OH excluding ortho intramolecular Hbond substituents is 1. The van der Waals surface area contributed by atoms with Crippen LogP contribution in [0.4, 0.5) is 0 Å². The number of aromatic hydroxyl groups is 1. The van der Waals surface area contributed by atoms with Gasteiger partial charge in [0.15, 0.2) is 11.5 Å². The molecule has 3 aromatic carbocycles. The van der Waals surface area contributed by atoms with Gasteiger partial charge in [-0.15, -0.1) is 0 Å². The molecule has 0 bridgehead atoms. The van der Waals surface area contributed by atoms with E-state index >= 15 is 0 Å². The fraction of sp³-hybridized carbons (Fsp3) is 0.286. The van der Waals surface area contributed by atoms with Crippen molar-refractivity contribution in [2.24, 2.45) is 7.05 Å². The SMILES string of the molecule is Cn1c2cc(OCCCN3CCCC3)c(O)cc2c2c3c[nH]cc3c(-c3ccccc3Cl)cc21. The van der Waals surface area contributed by atoms with Crippen molar-refractivity contribution in [3.05, 3.63) is 59.9 Å². The zero-order valence-corrected chi connectivity index (χ0v) is 20.0. The normalized spacial score (nSPS) is 14.6. The van der Waals surface area contributed by atoms with E-state index in [0.29, 0.717) is 12.4 Å². The van der Waals surface area contributed by atoms with Crippen LogP contribution in [0.3, 0.4) is 0 Å². The average molecular weight is 474 g/mol. The van der Waals surface area contributed by atoms with E-state index in [1.54, 1.807) is 0 Å². The molecule has 0 aliphatic carbocycles. The number of aryl methyl sites for hydroxylation is 1. The minimum absolute atomic E-state index is 0.181. The van der Waals surface area contributed by atoms with Crippen molar-refractivity contribution in [2.45, 2.75) is 19.3 Å². The third-order valence-electron chi connectivity index (χ3n) is 7.15. The zero-order valence-electron chi connectivity index (χ0n) is 19.3. The molecule has 0 radical (unpaired) electrons. The lowest BCUT2D eigenvalue weighted by atomic mass is 9.97. The lowest BCUT2D eigenvalue weighted by Crippen LogP contribution is -2.21. The number of H-pyrrole nitrogens is 1. The molecule has 0 amide bonds. The van der Waals surface area contributed by atoms with Gasteiger partial charge in [0, 0.05) is 64.2 Å². The van der Waals surface area contributed by atoms with Crippen LogP contribution in [0, 0.1) is 0 Å². The molecule has 1 fully saturated rings. The van der Waals surface area contributed by atoms with Gasteiger partial charge >= 0.3 is 0 Å². The number of ether oxygens (including phenoxy) is 1. The van der Waals surface area contributed by atoms with E-state index in [2.05, 4.69) is 33.6 Å². The lowest BCUT2D eigenvalue weighted by Gasteiger charge is -2.15. The summed E-state index contributed by atoms with van der Waals surface area (Å²) in [6.07, 6.45) is 7.59. The third kappa shape index (κ3) is 3.51.